The molecule has 0 aliphatic carbocycles. The lowest BCUT2D eigenvalue weighted by Gasteiger charge is -2.11. The quantitative estimate of drug-likeness (QED) is 0.650. The normalized spacial score (nSPS) is 10.6. The molecule has 21 heavy (non-hydrogen) atoms. The fourth-order valence-electron chi connectivity index (χ4n) is 2.07. The van der Waals surface area contributed by atoms with Gasteiger partial charge >= 0.3 is 0 Å². The van der Waals surface area contributed by atoms with Gasteiger partial charge in [0.15, 0.2) is 0 Å². The van der Waals surface area contributed by atoms with Crippen LogP contribution in [0.3, 0.4) is 0 Å². The first-order valence-corrected chi connectivity index (χ1v) is 7.84. The average molecular weight is 406 g/mol. The molecule has 0 radical (unpaired) electrons. The summed E-state index contributed by atoms with van der Waals surface area (Å²) in [6.45, 7) is 0. The zero-order chi connectivity index (χ0) is 14.8. The number of rotatable bonds is 2. The second kappa shape index (κ2) is 5.95. The second-order valence-corrected chi connectivity index (χ2v) is 6.14. The standard InChI is InChI=1S/C16H10Br2N2O/c17-12-9-13(18)15(14-11(12)7-4-8-19-14)20-16(21)10-5-2-1-3-6-10/h1-9H,(H,20,21). The molecule has 1 N–H and O–H groups in total. The Bertz CT molecular complexity index is 819. The van der Waals surface area contributed by atoms with E-state index in [0.29, 0.717) is 11.3 Å². The van der Waals surface area contributed by atoms with Crippen molar-refractivity contribution in [2.24, 2.45) is 0 Å². The van der Waals surface area contributed by atoms with Crippen molar-refractivity contribution in [3.63, 3.8) is 0 Å². The van der Waals surface area contributed by atoms with Gasteiger partial charge in [-0.05, 0) is 40.2 Å². The highest BCUT2D eigenvalue weighted by Gasteiger charge is 2.14. The van der Waals surface area contributed by atoms with Gasteiger partial charge in [0.05, 0.1) is 11.2 Å². The van der Waals surface area contributed by atoms with Crippen molar-refractivity contribution in [2.75, 3.05) is 5.32 Å². The van der Waals surface area contributed by atoms with Gasteiger partial charge in [0, 0.05) is 26.1 Å². The lowest BCUT2D eigenvalue weighted by molar-refractivity contribution is 0.102. The SMILES string of the molecule is O=C(Nc1c(Br)cc(Br)c2cccnc12)c1ccccc1. The van der Waals surface area contributed by atoms with Crippen LogP contribution >= 0.6 is 31.9 Å². The Morgan fingerprint density at radius 2 is 1.76 bits per heavy atom. The Hall–Kier alpha value is -1.72. The monoisotopic (exact) mass is 404 g/mol. The summed E-state index contributed by atoms with van der Waals surface area (Å²) in [5.41, 5.74) is 2.02. The van der Waals surface area contributed by atoms with Crippen LogP contribution in [0.2, 0.25) is 0 Å². The molecule has 0 saturated carbocycles. The summed E-state index contributed by atoms with van der Waals surface area (Å²) in [5.74, 6) is -0.162. The molecule has 3 aromatic rings. The predicted octanol–water partition coefficient (Wildman–Crippen LogP) is 5.01. The van der Waals surface area contributed by atoms with Crippen LogP contribution < -0.4 is 5.32 Å². The van der Waals surface area contributed by atoms with E-state index < -0.39 is 0 Å². The number of anilines is 1. The van der Waals surface area contributed by atoms with Gasteiger partial charge in [-0.1, -0.05) is 40.2 Å². The lowest BCUT2D eigenvalue weighted by Crippen LogP contribution is -2.12. The number of hydrogen-bond acceptors (Lipinski definition) is 2. The molecule has 3 rings (SSSR count). The van der Waals surface area contributed by atoms with E-state index in [-0.39, 0.29) is 5.91 Å². The first-order chi connectivity index (χ1) is 10.2. The third kappa shape index (κ3) is 2.84. The minimum Gasteiger partial charge on any atom is -0.319 e. The number of amides is 1. The van der Waals surface area contributed by atoms with Crippen LogP contribution in [0.25, 0.3) is 10.9 Å². The Morgan fingerprint density at radius 3 is 2.52 bits per heavy atom. The number of hydrogen-bond donors (Lipinski definition) is 1. The van der Waals surface area contributed by atoms with Crippen LogP contribution in [-0.2, 0) is 0 Å². The van der Waals surface area contributed by atoms with Gasteiger partial charge in [-0.15, -0.1) is 0 Å². The minimum atomic E-state index is -0.162. The number of carbonyl (C=O) groups is 1. The first kappa shape index (κ1) is 14.2. The summed E-state index contributed by atoms with van der Waals surface area (Å²) in [4.78, 5) is 16.7. The molecule has 2 aromatic carbocycles. The molecule has 3 nitrogen and oxygen atoms in total. The van der Waals surface area contributed by atoms with E-state index in [1.165, 1.54) is 0 Å². The van der Waals surface area contributed by atoms with Crippen LogP contribution in [0.15, 0.2) is 63.7 Å². The fraction of sp³-hybridized carbons (Fsp3) is 0. The van der Waals surface area contributed by atoms with Crippen LogP contribution in [0.4, 0.5) is 5.69 Å². The number of nitrogens with zero attached hydrogens (tertiary/aromatic N) is 1. The molecule has 1 heterocycles. The summed E-state index contributed by atoms with van der Waals surface area (Å²) >= 11 is 6.99. The third-order valence-corrected chi connectivity index (χ3v) is 4.35. The summed E-state index contributed by atoms with van der Waals surface area (Å²) < 4.78 is 1.71. The van der Waals surface area contributed by atoms with E-state index in [1.807, 2.05) is 36.4 Å². The van der Waals surface area contributed by atoms with Crippen molar-refractivity contribution >= 4 is 54.4 Å². The number of nitrogens with one attached hydrogen (secondary N) is 1. The Morgan fingerprint density at radius 1 is 1.00 bits per heavy atom. The number of aromatic nitrogens is 1. The maximum Gasteiger partial charge on any atom is 0.255 e. The zero-order valence-corrected chi connectivity index (χ0v) is 14.0. The number of carbonyl (C=O) groups excluding carboxylic acids is 1. The van der Waals surface area contributed by atoms with Crippen molar-refractivity contribution in [1.82, 2.24) is 4.98 Å². The van der Waals surface area contributed by atoms with Gasteiger partial charge in [-0.2, -0.15) is 0 Å². The number of fused-ring (bicyclic) bond motifs is 1. The highest BCUT2D eigenvalue weighted by Crippen LogP contribution is 2.35. The molecule has 104 valence electrons. The Labute approximate surface area is 138 Å². The third-order valence-electron chi connectivity index (χ3n) is 3.07. The molecule has 0 aliphatic rings. The first-order valence-electron chi connectivity index (χ1n) is 6.26. The largest absolute Gasteiger partial charge is 0.319 e. The smallest absolute Gasteiger partial charge is 0.255 e. The van der Waals surface area contributed by atoms with E-state index in [9.17, 15) is 4.79 Å². The van der Waals surface area contributed by atoms with Crippen LogP contribution in [0.1, 0.15) is 10.4 Å². The highest BCUT2D eigenvalue weighted by atomic mass is 79.9. The van der Waals surface area contributed by atoms with Gasteiger partial charge in [0.1, 0.15) is 0 Å². The molecule has 0 spiro atoms. The Balaban J connectivity index is 2.07. The molecule has 1 aromatic heterocycles. The van der Waals surface area contributed by atoms with Crippen LogP contribution in [0.5, 0.6) is 0 Å². The molecule has 0 fully saturated rings. The molecule has 0 atom stereocenters. The summed E-state index contributed by atoms with van der Waals surface area (Å²) in [7, 11) is 0. The van der Waals surface area contributed by atoms with Gasteiger partial charge in [0.25, 0.3) is 5.91 Å². The molecule has 0 unspecified atom stereocenters. The maximum absolute atomic E-state index is 12.3. The molecule has 0 saturated heterocycles. The molecule has 0 bridgehead atoms. The van der Waals surface area contributed by atoms with Crippen molar-refractivity contribution in [1.29, 1.82) is 0 Å². The van der Waals surface area contributed by atoms with Gasteiger partial charge < -0.3 is 5.32 Å². The minimum absolute atomic E-state index is 0.162. The summed E-state index contributed by atoms with van der Waals surface area (Å²) in [5, 5.41) is 3.88. The van der Waals surface area contributed by atoms with Crippen molar-refractivity contribution < 1.29 is 4.79 Å². The predicted molar refractivity (Wildman–Crippen MR) is 91.5 cm³/mol. The van der Waals surface area contributed by atoms with Gasteiger partial charge in [-0.25, -0.2) is 0 Å². The number of benzene rings is 2. The molecule has 1 amide bonds. The van der Waals surface area contributed by atoms with E-state index >= 15 is 0 Å². The topological polar surface area (TPSA) is 42.0 Å². The lowest BCUT2D eigenvalue weighted by atomic mass is 10.1. The fourth-order valence-corrected chi connectivity index (χ4v) is 3.44. The van der Waals surface area contributed by atoms with Crippen molar-refractivity contribution in [3.8, 4) is 0 Å². The van der Waals surface area contributed by atoms with E-state index in [2.05, 4.69) is 42.2 Å². The summed E-state index contributed by atoms with van der Waals surface area (Å²) in [6, 6.07) is 14.8. The molecular weight excluding hydrogens is 396 g/mol. The van der Waals surface area contributed by atoms with Crippen LogP contribution in [0, 0.1) is 0 Å². The average Bonchev–Trinajstić information content (AvgIpc) is 2.52. The maximum atomic E-state index is 12.3. The molecule has 5 heteroatoms. The zero-order valence-electron chi connectivity index (χ0n) is 10.8. The molecule has 0 aliphatic heterocycles. The van der Waals surface area contributed by atoms with Crippen molar-refractivity contribution in [2.45, 2.75) is 0 Å². The van der Waals surface area contributed by atoms with E-state index in [0.717, 1.165) is 19.8 Å². The van der Waals surface area contributed by atoms with E-state index in [4.69, 9.17) is 0 Å². The second-order valence-electron chi connectivity index (χ2n) is 4.43. The molecular formula is C16H10Br2N2O. The van der Waals surface area contributed by atoms with Crippen molar-refractivity contribution in [3.05, 3.63) is 69.2 Å². The number of pyridine rings is 1. The number of halogens is 2. The van der Waals surface area contributed by atoms with E-state index in [1.54, 1.807) is 18.3 Å². The van der Waals surface area contributed by atoms with Crippen LogP contribution in [-0.4, -0.2) is 10.9 Å². The highest BCUT2D eigenvalue weighted by molar-refractivity contribution is 9.11. The Kier molecular flexibility index (Phi) is 4.03. The van der Waals surface area contributed by atoms with Gasteiger partial charge in [0.2, 0.25) is 0 Å². The summed E-state index contributed by atoms with van der Waals surface area (Å²) in [6.07, 6.45) is 1.71. The van der Waals surface area contributed by atoms with Gasteiger partial charge in [-0.3, -0.25) is 9.78 Å².